The number of hydrogen-bond donors (Lipinski definition) is 0. The summed E-state index contributed by atoms with van der Waals surface area (Å²) < 4.78 is 51.9. The molecule has 0 aliphatic carbocycles. The molecule has 0 saturated heterocycles. The van der Waals surface area contributed by atoms with Crippen molar-refractivity contribution < 1.29 is 21.9 Å². The minimum atomic E-state index is -3.86. The molecule has 0 amide bonds. The summed E-state index contributed by atoms with van der Waals surface area (Å²) in [4.78, 5) is -0.0245. The molecule has 0 saturated carbocycles. The molecule has 18 heavy (non-hydrogen) atoms. The lowest BCUT2D eigenvalue weighted by atomic mass is 10.1. The largest absolute Gasteiger partial charge is 0.487 e. The van der Waals surface area contributed by atoms with E-state index in [0.717, 1.165) is 0 Å². The van der Waals surface area contributed by atoms with Crippen molar-refractivity contribution in [2.45, 2.75) is 32.1 Å². The van der Waals surface area contributed by atoms with Crippen LogP contribution >= 0.6 is 10.7 Å². The fourth-order valence-electron chi connectivity index (χ4n) is 1.64. The van der Waals surface area contributed by atoms with Crippen molar-refractivity contribution in [1.82, 2.24) is 0 Å². The van der Waals surface area contributed by atoms with Crippen LogP contribution in [0.1, 0.15) is 16.7 Å². The summed E-state index contributed by atoms with van der Waals surface area (Å²) >= 11 is 0. The van der Waals surface area contributed by atoms with Crippen LogP contribution in [-0.4, -0.2) is 21.5 Å². The molecule has 1 aromatic rings. The first-order chi connectivity index (χ1) is 8.14. The fourth-order valence-corrected chi connectivity index (χ4v) is 2.96. The zero-order valence-electron chi connectivity index (χ0n) is 10.1. The van der Waals surface area contributed by atoms with Gasteiger partial charge < -0.3 is 4.74 Å². The van der Waals surface area contributed by atoms with E-state index in [-0.39, 0.29) is 10.6 Å². The second-order valence-electron chi connectivity index (χ2n) is 3.91. The van der Waals surface area contributed by atoms with Gasteiger partial charge >= 0.3 is 0 Å². The number of aryl methyl sites for hydroxylation is 1. The van der Waals surface area contributed by atoms with E-state index in [4.69, 9.17) is 15.4 Å². The van der Waals surface area contributed by atoms with Gasteiger partial charge in [0.25, 0.3) is 15.5 Å². The first-order valence-corrected chi connectivity index (χ1v) is 7.42. The first kappa shape index (κ1) is 15.2. The smallest absolute Gasteiger partial charge is 0.272 e. The molecule has 0 aliphatic rings. The molecule has 0 heterocycles. The summed E-state index contributed by atoms with van der Waals surface area (Å²) in [6.45, 7) is 4.01. The monoisotopic (exact) mass is 298 g/mol. The van der Waals surface area contributed by atoms with Gasteiger partial charge in [0.05, 0.1) is 4.90 Å². The second kappa shape index (κ2) is 5.40. The molecule has 0 atom stereocenters. The number of halogens is 3. The minimum absolute atomic E-state index is 0.0245. The van der Waals surface area contributed by atoms with Crippen LogP contribution in [0.4, 0.5) is 8.78 Å². The Kier molecular flexibility index (Phi) is 4.55. The van der Waals surface area contributed by atoms with Crippen molar-refractivity contribution in [3.05, 3.63) is 22.8 Å². The molecule has 0 radical (unpaired) electrons. The van der Waals surface area contributed by atoms with E-state index in [1.165, 1.54) is 6.07 Å². The van der Waals surface area contributed by atoms with Crippen LogP contribution in [0.2, 0.25) is 0 Å². The Hall–Kier alpha value is -0.880. The molecule has 0 aromatic heterocycles. The van der Waals surface area contributed by atoms with Crippen LogP contribution in [0, 0.1) is 20.8 Å². The summed E-state index contributed by atoms with van der Waals surface area (Å²) in [5.74, 6) is 0.275. The molecule has 0 N–H and O–H groups in total. The predicted octanol–water partition coefficient (Wildman–Crippen LogP) is 3.18. The SMILES string of the molecule is Cc1cc(S(=O)(=O)Cl)c(C)c(C)c1OCC(F)F. The standard InChI is InChI=1S/C11H13ClF2O3S/c1-6-4-9(18(12,15)16)7(2)8(3)11(6)17-5-10(13)14/h4,10H,5H2,1-3H3. The van der Waals surface area contributed by atoms with E-state index < -0.39 is 22.1 Å². The Bertz CT molecular complexity index is 556. The van der Waals surface area contributed by atoms with Gasteiger partial charge in [-0.15, -0.1) is 0 Å². The minimum Gasteiger partial charge on any atom is -0.487 e. The Morgan fingerprint density at radius 2 is 1.83 bits per heavy atom. The average Bonchev–Trinajstić information content (AvgIpc) is 2.21. The third-order valence-electron chi connectivity index (χ3n) is 2.59. The van der Waals surface area contributed by atoms with Crippen molar-refractivity contribution in [2.75, 3.05) is 6.61 Å². The van der Waals surface area contributed by atoms with Gasteiger partial charge in [-0.1, -0.05) is 0 Å². The number of ether oxygens (including phenoxy) is 1. The number of alkyl halides is 2. The van der Waals surface area contributed by atoms with E-state index >= 15 is 0 Å². The molecule has 1 rings (SSSR count). The van der Waals surface area contributed by atoms with Gasteiger partial charge in [0.15, 0.2) is 0 Å². The first-order valence-electron chi connectivity index (χ1n) is 5.11. The van der Waals surface area contributed by atoms with Crippen LogP contribution in [0.15, 0.2) is 11.0 Å². The summed E-state index contributed by atoms with van der Waals surface area (Å²) in [6, 6.07) is 1.32. The quantitative estimate of drug-likeness (QED) is 0.802. The molecular weight excluding hydrogens is 286 g/mol. The highest BCUT2D eigenvalue weighted by Gasteiger charge is 2.20. The Balaban J connectivity index is 3.30. The van der Waals surface area contributed by atoms with Crippen LogP contribution in [0.3, 0.4) is 0 Å². The number of rotatable bonds is 4. The van der Waals surface area contributed by atoms with E-state index in [0.29, 0.717) is 16.7 Å². The third kappa shape index (κ3) is 3.32. The van der Waals surface area contributed by atoms with Gasteiger partial charge in [0, 0.05) is 10.7 Å². The van der Waals surface area contributed by atoms with Gasteiger partial charge in [0.1, 0.15) is 12.4 Å². The Labute approximate surface area is 109 Å². The molecule has 0 bridgehead atoms. The van der Waals surface area contributed by atoms with E-state index in [1.54, 1.807) is 20.8 Å². The highest BCUT2D eigenvalue weighted by molar-refractivity contribution is 8.13. The Morgan fingerprint density at radius 1 is 1.28 bits per heavy atom. The molecule has 3 nitrogen and oxygen atoms in total. The maximum atomic E-state index is 12.1. The fraction of sp³-hybridized carbons (Fsp3) is 0.455. The lowest BCUT2D eigenvalue weighted by Crippen LogP contribution is -2.10. The van der Waals surface area contributed by atoms with Gasteiger partial charge in [-0.3, -0.25) is 0 Å². The zero-order chi connectivity index (χ0) is 14.1. The van der Waals surface area contributed by atoms with Crippen LogP contribution < -0.4 is 4.74 Å². The highest BCUT2D eigenvalue weighted by Crippen LogP contribution is 2.32. The summed E-state index contributed by atoms with van der Waals surface area (Å²) in [7, 11) is 1.44. The van der Waals surface area contributed by atoms with Crippen molar-refractivity contribution in [2.24, 2.45) is 0 Å². The number of hydrogen-bond acceptors (Lipinski definition) is 3. The molecule has 0 spiro atoms. The summed E-state index contributed by atoms with van der Waals surface area (Å²) in [6.07, 6.45) is -2.58. The van der Waals surface area contributed by atoms with Gasteiger partial charge in [-0.2, -0.15) is 0 Å². The molecule has 0 aliphatic heterocycles. The summed E-state index contributed by atoms with van der Waals surface area (Å²) in [5, 5.41) is 0. The van der Waals surface area contributed by atoms with E-state index in [9.17, 15) is 17.2 Å². The number of benzene rings is 1. The Morgan fingerprint density at radius 3 is 2.28 bits per heavy atom. The van der Waals surface area contributed by atoms with Crippen molar-refractivity contribution in [1.29, 1.82) is 0 Å². The summed E-state index contributed by atoms with van der Waals surface area (Å²) in [5.41, 5.74) is 1.35. The molecule has 0 unspecified atom stereocenters. The van der Waals surface area contributed by atoms with Crippen LogP contribution in [0.25, 0.3) is 0 Å². The van der Waals surface area contributed by atoms with Gasteiger partial charge in [-0.25, -0.2) is 17.2 Å². The highest BCUT2D eigenvalue weighted by atomic mass is 35.7. The lowest BCUT2D eigenvalue weighted by Gasteiger charge is -2.16. The molecule has 7 heteroatoms. The maximum Gasteiger partial charge on any atom is 0.272 e. The van der Waals surface area contributed by atoms with E-state index in [2.05, 4.69) is 0 Å². The van der Waals surface area contributed by atoms with Gasteiger partial charge in [-0.05, 0) is 43.5 Å². The predicted molar refractivity (Wildman–Crippen MR) is 65.2 cm³/mol. The van der Waals surface area contributed by atoms with Crippen LogP contribution in [-0.2, 0) is 9.05 Å². The molecule has 0 fully saturated rings. The van der Waals surface area contributed by atoms with Crippen molar-refractivity contribution in [3.63, 3.8) is 0 Å². The van der Waals surface area contributed by atoms with Crippen LogP contribution in [0.5, 0.6) is 5.75 Å². The second-order valence-corrected chi connectivity index (χ2v) is 6.45. The average molecular weight is 299 g/mol. The molecule has 1 aromatic carbocycles. The zero-order valence-corrected chi connectivity index (χ0v) is 11.7. The molecule has 102 valence electrons. The van der Waals surface area contributed by atoms with E-state index in [1.807, 2.05) is 0 Å². The maximum absolute atomic E-state index is 12.1. The lowest BCUT2D eigenvalue weighted by molar-refractivity contribution is 0.0811. The topological polar surface area (TPSA) is 43.4 Å². The normalized spacial score (nSPS) is 11.9. The van der Waals surface area contributed by atoms with Crippen molar-refractivity contribution >= 4 is 19.7 Å². The van der Waals surface area contributed by atoms with Gasteiger partial charge in [0.2, 0.25) is 0 Å². The molecular formula is C11H13ClF2O3S. The third-order valence-corrected chi connectivity index (χ3v) is 4.04. The van der Waals surface area contributed by atoms with Crippen molar-refractivity contribution in [3.8, 4) is 5.75 Å².